The van der Waals surface area contributed by atoms with E-state index in [1.54, 1.807) is 7.11 Å². The number of anilines is 1. The minimum atomic E-state index is 0.491. The highest BCUT2D eigenvalue weighted by Gasteiger charge is 2.02. The lowest BCUT2D eigenvalue weighted by atomic mass is 10.5. The highest BCUT2D eigenvalue weighted by atomic mass is 32.1. The van der Waals surface area contributed by atoms with Gasteiger partial charge < -0.3 is 19.5 Å². The van der Waals surface area contributed by atoms with Crippen LogP contribution >= 0.6 is 11.3 Å². The number of hydrogen-bond donors (Lipinski definition) is 1. The number of nitrogens with zero attached hydrogens (tertiary/aromatic N) is 2. The number of nitrogens with one attached hydrogen (secondary N) is 1. The molecule has 0 bridgehead atoms. The topological polar surface area (TPSA) is 65.5 Å². The maximum atomic E-state index is 5.44. The van der Waals surface area contributed by atoms with E-state index in [-0.39, 0.29) is 0 Å². The van der Waals surface area contributed by atoms with Crippen molar-refractivity contribution in [2.75, 3.05) is 45.4 Å². The lowest BCUT2D eigenvalue weighted by Crippen LogP contribution is -2.06. The summed E-state index contributed by atoms with van der Waals surface area (Å²) in [6.45, 7) is 5.99. The van der Waals surface area contributed by atoms with Gasteiger partial charge in [-0.3, -0.25) is 0 Å². The smallest absolute Gasteiger partial charge is 0.205 e. The normalized spacial score (nSPS) is 10.8. The zero-order chi connectivity index (χ0) is 13.1. The zero-order valence-electron chi connectivity index (χ0n) is 11.0. The molecule has 104 valence electrons. The van der Waals surface area contributed by atoms with Gasteiger partial charge in [0.1, 0.15) is 11.6 Å². The van der Waals surface area contributed by atoms with Crippen LogP contribution in [0.3, 0.4) is 0 Å². The van der Waals surface area contributed by atoms with Crippen molar-refractivity contribution in [3.05, 3.63) is 5.01 Å². The molecule has 1 N–H and O–H groups in total. The van der Waals surface area contributed by atoms with Crippen molar-refractivity contribution in [3.63, 3.8) is 0 Å². The van der Waals surface area contributed by atoms with Gasteiger partial charge in [0.05, 0.1) is 13.2 Å². The molecule has 1 heterocycles. The Labute approximate surface area is 112 Å². The highest BCUT2D eigenvalue weighted by molar-refractivity contribution is 7.15. The molecule has 0 aliphatic heterocycles. The monoisotopic (exact) mass is 275 g/mol. The first-order chi connectivity index (χ1) is 8.86. The number of aromatic nitrogens is 2. The van der Waals surface area contributed by atoms with Crippen molar-refractivity contribution in [2.24, 2.45) is 0 Å². The minimum Gasteiger partial charge on any atom is -0.385 e. The number of rotatable bonds is 11. The molecule has 0 spiro atoms. The molecule has 0 aliphatic rings. The Kier molecular flexibility index (Phi) is 8.66. The fraction of sp³-hybridized carbons (Fsp3) is 0.818. The molecule has 0 aliphatic carbocycles. The summed E-state index contributed by atoms with van der Waals surface area (Å²) in [5, 5.41) is 12.8. The molecule has 18 heavy (non-hydrogen) atoms. The van der Waals surface area contributed by atoms with Crippen LogP contribution in [-0.4, -0.2) is 50.3 Å². The average molecular weight is 275 g/mol. The van der Waals surface area contributed by atoms with E-state index < -0.39 is 0 Å². The Bertz CT molecular complexity index is 309. The summed E-state index contributed by atoms with van der Waals surface area (Å²) in [5.41, 5.74) is 0. The van der Waals surface area contributed by atoms with Gasteiger partial charge in [0.2, 0.25) is 5.13 Å². The third-order valence-corrected chi connectivity index (χ3v) is 2.88. The van der Waals surface area contributed by atoms with Gasteiger partial charge in [-0.15, -0.1) is 10.2 Å². The number of ether oxygens (including phenoxy) is 3. The Hall–Kier alpha value is -0.760. The number of methoxy groups -OCH3 is 1. The molecular weight excluding hydrogens is 254 g/mol. The maximum Gasteiger partial charge on any atom is 0.205 e. The first-order valence-corrected chi connectivity index (χ1v) is 6.89. The molecular formula is C11H21N3O3S. The van der Waals surface area contributed by atoms with E-state index in [9.17, 15) is 0 Å². The van der Waals surface area contributed by atoms with Crippen LogP contribution in [0.4, 0.5) is 5.13 Å². The third-order valence-electron chi connectivity index (χ3n) is 2.03. The van der Waals surface area contributed by atoms with Gasteiger partial charge in [0, 0.05) is 26.9 Å². The van der Waals surface area contributed by atoms with Crippen LogP contribution in [0.5, 0.6) is 0 Å². The fourth-order valence-corrected chi connectivity index (χ4v) is 1.96. The quantitative estimate of drug-likeness (QED) is 0.618. The molecule has 7 heteroatoms. The summed E-state index contributed by atoms with van der Waals surface area (Å²) in [6.07, 6.45) is 0.916. The molecule has 0 unspecified atom stereocenters. The van der Waals surface area contributed by atoms with Crippen LogP contribution in [0.25, 0.3) is 0 Å². The van der Waals surface area contributed by atoms with Crippen LogP contribution in [0.2, 0.25) is 0 Å². The zero-order valence-corrected chi connectivity index (χ0v) is 11.8. The van der Waals surface area contributed by atoms with E-state index in [1.165, 1.54) is 11.3 Å². The van der Waals surface area contributed by atoms with Crippen molar-refractivity contribution >= 4 is 16.5 Å². The van der Waals surface area contributed by atoms with Gasteiger partial charge in [0.15, 0.2) is 0 Å². The summed E-state index contributed by atoms with van der Waals surface area (Å²) in [6, 6.07) is 0. The predicted octanol–water partition coefficient (Wildman–Crippen LogP) is 1.54. The Morgan fingerprint density at radius 3 is 2.72 bits per heavy atom. The molecule has 6 nitrogen and oxygen atoms in total. The van der Waals surface area contributed by atoms with Crippen molar-refractivity contribution in [3.8, 4) is 0 Å². The second-order valence-corrected chi connectivity index (χ2v) is 4.60. The minimum absolute atomic E-state index is 0.491. The van der Waals surface area contributed by atoms with Crippen molar-refractivity contribution in [1.29, 1.82) is 0 Å². The Morgan fingerprint density at radius 1 is 1.11 bits per heavy atom. The SMILES string of the molecule is CCNc1nnc(COCCOCCCOC)s1. The standard InChI is InChI=1S/C11H21N3O3S/c1-3-12-11-14-13-10(18-11)9-17-8-7-16-6-4-5-15-2/h3-9H2,1-2H3,(H,12,14). The lowest BCUT2D eigenvalue weighted by molar-refractivity contribution is 0.0335. The highest BCUT2D eigenvalue weighted by Crippen LogP contribution is 2.15. The van der Waals surface area contributed by atoms with E-state index in [4.69, 9.17) is 14.2 Å². The number of hydrogen-bond acceptors (Lipinski definition) is 7. The van der Waals surface area contributed by atoms with Gasteiger partial charge >= 0.3 is 0 Å². The van der Waals surface area contributed by atoms with E-state index in [0.717, 1.165) is 29.7 Å². The molecule has 0 radical (unpaired) electrons. The molecule has 0 saturated heterocycles. The average Bonchev–Trinajstić information content (AvgIpc) is 2.81. The molecule has 1 aromatic rings. The summed E-state index contributed by atoms with van der Waals surface area (Å²) in [7, 11) is 1.69. The first kappa shape index (κ1) is 15.3. The van der Waals surface area contributed by atoms with Crippen LogP contribution < -0.4 is 5.32 Å². The fourth-order valence-electron chi connectivity index (χ4n) is 1.22. The molecule has 0 saturated carbocycles. The van der Waals surface area contributed by atoms with Gasteiger partial charge in [-0.1, -0.05) is 11.3 Å². The summed E-state index contributed by atoms with van der Waals surface area (Å²) < 4.78 is 15.7. The van der Waals surface area contributed by atoms with Gasteiger partial charge in [0.25, 0.3) is 0 Å². The summed E-state index contributed by atoms with van der Waals surface area (Å²) in [5.74, 6) is 0. The van der Waals surface area contributed by atoms with E-state index in [1.807, 2.05) is 6.92 Å². The molecule has 0 fully saturated rings. The third kappa shape index (κ3) is 6.85. The molecule has 0 aromatic carbocycles. The van der Waals surface area contributed by atoms with Crippen LogP contribution in [0.15, 0.2) is 0 Å². The van der Waals surface area contributed by atoms with Gasteiger partial charge in [-0.25, -0.2) is 0 Å². The predicted molar refractivity (Wildman–Crippen MR) is 71.0 cm³/mol. The van der Waals surface area contributed by atoms with Crippen LogP contribution in [0.1, 0.15) is 18.4 Å². The second-order valence-electron chi connectivity index (χ2n) is 3.54. The van der Waals surface area contributed by atoms with Crippen LogP contribution in [0, 0.1) is 0 Å². The Balaban J connectivity index is 1.96. The molecule has 1 aromatic heterocycles. The van der Waals surface area contributed by atoms with Crippen molar-refractivity contribution in [1.82, 2.24) is 10.2 Å². The first-order valence-electron chi connectivity index (χ1n) is 6.07. The molecule has 0 atom stereocenters. The lowest BCUT2D eigenvalue weighted by Gasteiger charge is -2.03. The van der Waals surface area contributed by atoms with E-state index >= 15 is 0 Å². The van der Waals surface area contributed by atoms with Crippen molar-refractivity contribution < 1.29 is 14.2 Å². The largest absolute Gasteiger partial charge is 0.385 e. The molecule has 1 rings (SSSR count). The van der Waals surface area contributed by atoms with E-state index in [0.29, 0.717) is 26.4 Å². The molecule has 0 amide bonds. The Morgan fingerprint density at radius 2 is 1.94 bits per heavy atom. The summed E-state index contributed by atoms with van der Waals surface area (Å²) >= 11 is 1.52. The van der Waals surface area contributed by atoms with Gasteiger partial charge in [-0.05, 0) is 13.3 Å². The summed E-state index contributed by atoms with van der Waals surface area (Å²) in [4.78, 5) is 0. The van der Waals surface area contributed by atoms with E-state index in [2.05, 4.69) is 15.5 Å². The van der Waals surface area contributed by atoms with Gasteiger partial charge in [-0.2, -0.15) is 0 Å². The maximum absolute atomic E-state index is 5.44. The van der Waals surface area contributed by atoms with Crippen LogP contribution in [-0.2, 0) is 20.8 Å². The second kappa shape index (κ2) is 10.2. The van der Waals surface area contributed by atoms with Crippen molar-refractivity contribution in [2.45, 2.75) is 20.0 Å².